The number of anilines is 1. The first-order chi connectivity index (χ1) is 9.84. The Morgan fingerprint density at radius 1 is 1.15 bits per heavy atom. The van der Waals surface area contributed by atoms with Gasteiger partial charge in [-0.1, -0.05) is 12.1 Å². The summed E-state index contributed by atoms with van der Waals surface area (Å²) in [6.45, 7) is 1.60. The Labute approximate surface area is 116 Å². The van der Waals surface area contributed by atoms with Gasteiger partial charge in [-0.3, -0.25) is 14.8 Å². The fourth-order valence-electron chi connectivity index (χ4n) is 2.07. The number of carbonyl (C=O) groups is 1. The minimum atomic E-state index is -0.154. The third-order valence-electron chi connectivity index (χ3n) is 3.05. The number of hydrogen-bond acceptors (Lipinski definition) is 4. The van der Waals surface area contributed by atoms with Crippen molar-refractivity contribution in [3.8, 4) is 0 Å². The van der Waals surface area contributed by atoms with Crippen molar-refractivity contribution in [2.24, 2.45) is 4.99 Å². The van der Waals surface area contributed by atoms with Crippen LogP contribution >= 0.6 is 0 Å². The summed E-state index contributed by atoms with van der Waals surface area (Å²) < 4.78 is 0. The number of aliphatic imine (C=N–C) groups is 1. The molecule has 0 radical (unpaired) electrons. The third kappa shape index (κ3) is 2.51. The standard InChI is InChI=1S/C15H14N4O/c20-15(11-5-7-16-8-6-11)19-13-4-2-1-3-12(13)14-17-9-10-18-14/h1-8H,9-10H2,(H,17,18)(H,19,20). The Hall–Kier alpha value is -2.69. The number of nitrogens with one attached hydrogen (secondary N) is 2. The van der Waals surface area contributed by atoms with Crippen LogP contribution < -0.4 is 10.6 Å². The second-order valence-electron chi connectivity index (χ2n) is 4.39. The average Bonchev–Trinajstić information content (AvgIpc) is 3.03. The van der Waals surface area contributed by atoms with E-state index in [1.54, 1.807) is 24.5 Å². The van der Waals surface area contributed by atoms with E-state index in [1.807, 2.05) is 24.3 Å². The quantitative estimate of drug-likeness (QED) is 0.888. The summed E-state index contributed by atoms with van der Waals surface area (Å²) in [5, 5.41) is 6.13. The van der Waals surface area contributed by atoms with Gasteiger partial charge in [0.25, 0.3) is 5.91 Å². The third-order valence-corrected chi connectivity index (χ3v) is 3.05. The number of amides is 1. The van der Waals surface area contributed by atoms with Crippen molar-refractivity contribution in [2.45, 2.75) is 0 Å². The van der Waals surface area contributed by atoms with Gasteiger partial charge in [-0.15, -0.1) is 0 Å². The topological polar surface area (TPSA) is 66.4 Å². The first kappa shape index (κ1) is 12.3. The number of para-hydroxylation sites is 1. The lowest BCUT2D eigenvalue weighted by Gasteiger charge is -2.11. The number of rotatable bonds is 3. The summed E-state index contributed by atoms with van der Waals surface area (Å²) >= 11 is 0. The number of hydrogen-bond donors (Lipinski definition) is 2. The Morgan fingerprint density at radius 3 is 2.70 bits per heavy atom. The smallest absolute Gasteiger partial charge is 0.255 e. The van der Waals surface area contributed by atoms with E-state index in [-0.39, 0.29) is 5.91 Å². The molecule has 0 unspecified atom stereocenters. The van der Waals surface area contributed by atoms with Crippen LogP contribution in [0, 0.1) is 0 Å². The minimum absolute atomic E-state index is 0.154. The number of aromatic nitrogens is 1. The molecule has 0 spiro atoms. The molecular formula is C15H14N4O. The Morgan fingerprint density at radius 2 is 1.95 bits per heavy atom. The van der Waals surface area contributed by atoms with Crippen LogP contribution in [0.15, 0.2) is 53.8 Å². The van der Waals surface area contributed by atoms with Crippen molar-refractivity contribution in [3.05, 3.63) is 59.9 Å². The van der Waals surface area contributed by atoms with Gasteiger partial charge in [-0.05, 0) is 24.3 Å². The fourth-order valence-corrected chi connectivity index (χ4v) is 2.07. The molecule has 0 saturated carbocycles. The molecular weight excluding hydrogens is 252 g/mol. The van der Waals surface area contributed by atoms with Gasteiger partial charge >= 0.3 is 0 Å². The molecule has 5 heteroatoms. The fraction of sp³-hybridized carbons (Fsp3) is 0.133. The average molecular weight is 266 g/mol. The maximum atomic E-state index is 12.2. The summed E-state index contributed by atoms with van der Waals surface area (Å²) in [6, 6.07) is 11.0. The van der Waals surface area contributed by atoms with Gasteiger partial charge in [0, 0.05) is 30.1 Å². The molecule has 0 bridgehead atoms. The number of carbonyl (C=O) groups excluding carboxylic acids is 1. The number of benzene rings is 1. The van der Waals surface area contributed by atoms with Gasteiger partial charge in [-0.2, -0.15) is 0 Å². The predicted molar refractivity (Wildman–Crippen MR) is 78.0 cm³/mol. The van der Waals surface area contributed by atoms with E-state index in [2.05, 4.69) is 20.6 Å². The van der Waals surface area contributed by atoms with Crippen molar-refractivity contribution in [3.63, 3.8) is 0 Å². The van der Waals surface area contributed by atoms with Crippen molar-refractivity contribution in [1.82, 2.24) is 10.3 Å². The van der Waals surface area contributed by atoms with Gasteiger partial charge < -0.3 is 10.6 Å². The maximum absolute atomic E-state index is 12.2. The Bertz CT molecular complexity index is 652. The van der Waals surface area contributed by atoms with E-state index >= 15 is 0 Å². The van der Waals surface area contributed by atoms with Crippen LogP contribution in [0.25, 0.3) is 0 Å². The molecule has 20 heavy (non-hydrogen) atoms. The molecule has 100 valence electrons. The monoisotopic (exact) mass is 266 g/mol. The van der Waals surface area contributed by atoms with Crippen molar-refractivity contribution in [1.29, 1.82) is 0 Å². The molecule has 0 aliphatic carbocycles. The highest BCUT2D eigenvalue weighted by Gasteiger charge is 2.14. The Kier molecular flexibility index (Phi) is 3.41. The van der Waals surface area contributed by atoms with Gasteiger partial charge in [0.1, 0.15) is 5.84 Å². The zero-order valence-electron chi connectivity index (χ0n) is 10.8. The summed E-state index contributed by atoms with van der Waals surface area (Å²) in [7, 11) is 0. The van der Waals surface area contributed by atoms with Crippen molar-refractivity contribution in [2.75, 3.05) is 18.4 Å². The molecule has 1 aromatic carbocycles. The molecule has 2 aromatic rings. The zero-order valence-corrected chi connectivity index (χ0v) is 10.8. The van der Waals surface area contributed by atoms with Crippen LogP contribution in [0.5, 0.6) is 0 Å². The van der Waals surface area contributed by atoms with Crippen molar-refractivity contribution < 1.29 is 4.79 Å². The number of pyridine rings is 1. The molecule has 2 N–H and O–H groups in total. The molecule has 0 atom stereocenters. The van der Waals surface area contributed by atoms with Crippen LogP contribution in [0.2, 0.25) is 0 Å². The number of amidine groups is 1. The molecule has 1 aromatic heterocycles. The van der Waals surface area contributed by atoms with Crippen LogP contribution in [-0.2, 0) is 0 Å². The summed E-state index contributed by atoms with van der Waals surface area (Å²) in [4.78, 5) is 20.5. The van der Waals surface area contributed by atoms with E-state index in [4.69, 9.17) is 0 Å². The molecule has 0 saturated heterocycles. The largest absolute Gasteiger partial charge is 0.368 e. The summed E-state index contributed by atoms with van der Waals surface area (Å²) in [5.74, 6) is 0.675. The lowest BCUT2D eigenvalue weighted by Crippen LogP contribution is -2.22. The molecule has 1 aliphatic heterocycles. The van der Waals surface area contributed by atoms with E-state index in [0.717, 1.165) is 30.2 Å². The lowest BCUT2D eigenvalue weighted by atomic mass is 10.1. The highest BCUT2D eigenvalue weighted by Crippen LogP contribution is 2.17. The first-order valence-corrected chi connectivity index (χ1v) is 6.44. The minimum Gasteiger partial charge on any atom is -0.368 e. The van der Waals surface area contributed by atoms with Gasteiger partial charge in [0.05, 0.1) is 12.2 Å². The SMILES string of the molecule is O=C(Nc1ccccc1C1=NCCN1)c1ccncc1. The normalized spacial score (nSPS) is 13.5. The van der Waals surface area contributed by atoms with Gasteiger partial charge in [0.15, 0.2) is 0 Å². The Balaban J connectivity index is 1.86. The molecule has 5 nitrogen and oxygen atoms in total. The van der Waals surface area contributed by atoms with E-state index < -0.39 is 0 Å². The van der Waals surface area contributed by atoms with Gasteiger partial charge in [-0.25, -0.2) is 0 Å². The summed E-state index contributed by atoms with van der Waals surface area (Å²) in [6.07, 6.45) is 3.20. The number of nitrogens with zero attached hydrogens (tertiary/aromatic N) is 2. The van der Waals surface area contributed by atoms with E-state index in [9.17, 15) is 4.79 Å². The highest BCUT2D eigenvalue weighted by atomic mass is 16.1. The van der Waals surface area contributed by atoms with Crippen LogP contribution in [0.1, 0.15) is 15.9 Å². The van der Waals surface area contributed by atoms with Crippen LogP contribution in [0.4, 0.5) is 5.69 Å². The molecule has 2 heterocycles. The molecule has 3 rings (SSSR count). The second kappa shape index (κ2) is 5.52. The van der Waals surface area contributed by atoms with Crippen molar-refractivity contribution >= 4 is 17.4 Å². The van der Waals surface area contributed by atoms with Crippen LogP contribution in [0.3, 0.4) is 0 Å². The van der Waals surface area contributed by atoms with Crippen LogP contribution in [-0.4, -0.2) is 29.8 Å². The molecule has 0 fully saturated rings. The first-order valence-electron chi connectivity index (χ1n) is 6.44. The molecule has 1 aliphatic rings. The maximum Gasteiger partial charge on any atom is 0.255 e. The van der Waals surface area contributed by atoms with E-state index in [0.29, 0.717) is 5.56 Å². The molecule has 1 amide bonds. The van der Waals surface area contributed by atoms with E-state index in [1.165, 1.54) is 0 Å². The zero-order chi connectivity index (χ0) is 13.8. The lowest BCUT2D eigenvalue weighted by molar-refractivity contribution is 0.102. The van der Waals surface area contributed by atoms with Gasteiger partial charge in [0.2, 0.25) is 0 Å². The summed E-state index contributed by atoms with van der Waals surface area (Å²) in [5.41, 5.74) is 2.24. The second-order valence-corrected chi connectivity index (χ2v) is 4.39. The highest BCUT2D eigenvalue weighted by molar-refractivity contribution is 6.10. The predicted octanol–water partition coefficient (Wildman–Crippen LogP) is 1.68.